The molecular weight excluding hydrogens is 346 g/mol. The molecule has 1 unspecified atom stereocenters. The van der Waals surface area contributed by atoms with E-state index >= 15 is 0 Å². The van der Waals surface area contributed by atoms with Gasteiger partial charge in [-0.3, -0.25) is 4.79 Å². The van der Waals surface area contributed by atoms with Crippen LogP contribution in [0.25, 0.3) is 0 Å². The van der Waals surface area contributed by atoms with Crippen LogP contribution in [0, 0.1) is 12.8 Å². The summed E-state index contributed by atoms with van der Waals surface area (Å²) in [7, 11) is 0. The predicted molar refractivity (Wildman–Crippen MR) is 95.7 cm³/mol. The number of nitrogens with zero attached hydrogens (tertiary/aromatic N) is 1. The molecule has 0 aliphatic heterocycles. The van der Waals surface area contributed by atoms with Gasteiger partial charge in [0.15, 0.2) is 0 Å². The Morgan fingerprint density at radius 3 is 2.83 bits per heavy atom. The lowest BCUT2D eigenvalue weighted by atomic mass is 10.2. The van der Waals surface area contributed by atoms with Crippen molar-refractivity contribution in [3.63, 3.8) is 0 Å². The van der Waals surface area contributed by atoms with Crippen molar-refractivity contribution >= 4 is 28.8 Å². The lowest BCUT2D eigenvalue weighted by molar-refractivity contribution is 0.0953. The first-order valence-electron chi connectivity index (χ1n) is 7.91. The standard InChI is InChI=1S/C17H20ClN3O2S/c1-10-16(17(22)20-8-14(19)11-2-3-11)24-15(21-10)9-23-13-6-4-12(18)5-7-13/h4-7,11,14H,2-3,8-9,19H2,1H3,(H,20,22). The average Bonchev–Trinajstić information content (AvgIpc) is 3.35. The highest BCUT2D eigenvalue weighted by atomic mass is 35.5. The Morgan fingerprint density at radius 1 is 1.46 bits per heavy atom. The zero-order valence-electron chi connectivity index (χ0n) is 13.4. The van der Waals surface area contributed by atoms with Crippen LogP contribution < -0.4 is 15.8 Å². The lowest BCUT2D eigenvalue weighted by Crippen LogP contribution is -2.38. The summed E-state index contributed by atoms with van der Waals surface area (Å²) in [6, 6.07) is 7.19. The van der Waals surface area contributed by atoms with E-state index in [1.54, 1.807) is 24.3 Å². The van der Waals surface area contributed by atoms with Gasteiger partial charge in [0.2, 0.25) is 0 Å². The number of carbonyl (C=O) groups excluding carboxylic acids is 1. The zero-order valence-corrected chi connectivity index (χ0v) is 15.0. The van der Waals surface area contributed by atoms with E-state index in [9.17, 15) is 4.79 Å². The fourth-order valence-corrected chi connectivity index (χ4v) is 3.40. The summed E-state index contributed by atoms with van der Waals surface area (Å²) >= 11 is 7.19. The summed E-state index contributed by atoms with van der Waals surface area (Å²) < 4.78 is 5.67. The molecule has 0 saturated heterocycles. The second kappa shape index (κ2) is 7.51. The van der Waals surface area contributed by atoms with E-state index in [-0.39, 0.29) is 11.9 Å². The van der Waals surface area contributed by atoms with Crippen LogP contribution in [0.5, 0.6) is 5.75 Å². The fourth-order valence-electron chi connectivity index (χ4n) is 2.38. The number of benzene rings is 1. The summed E-state index contributed by atoms with van der Waals surface area (Å²) in [6.07, 6.45) is 2.34. The van der Waals surface area contributed by atoms with Crippen molar-refractivity contribution in [2.75, 3.05) is 6.54 Å². The highest BCUT2D eigenvalue weighted by Crippen LogP contribution is 2.31. The molecule has 1 aliphatic rings. The van der Waals surface area contributed by atoms with Crippen molar-refractivity contribution < 1.29 is 9.53 Å². The van der Waals surface area contributed by atoms with Gasteiger partial charge in [-0.15, -0.1) is 11.3 Å². The molecule has 7 heteroatoms. The van der Waals surface area contributed by atoms with E-state index in [0.717, 1.165) is 5.01 Å². The largest absolute Gasteiger partial charge is 0.486 e. The molecule has 3 rings (SSSR count). The minimum atomic E-state index is -0.112. The molecule has 0 radical (unpaired) electrons. The Labute approximate surface area is 150 Å². The third-order valence-corrected chi connectivity index (χ3v) is 5.33. The maximum Gasteiger partial charge on any atom is 0.263 e. The molecule has 5 nitrogen and oxygen atoms in total. The fraction of sp³-hybridized carbons (Fsp3) is 0.412. The van der Waals surface area contributed by atoms with Crippen LogP contribution in [0.15, 0.2) is 24.3 Å². The first kappa shape index (κ1) is 17.2. The van der Waals surface area contributed by atoms with Crippen molar-refractivity contribution in [3.05, 3.63) is 44.9 Å². The molecule has 1 aromatic carbocycles. The molecule has 1 saturated carbocycles. The molecular formula is C17H20ClN3O2S. The van der Waals surface area contributed by atoms with Crippen molar-refractivity contribution in [1.82, 2.24) is 10.3 Å². The second-order valence-corrected chi connectivity index (χ2v) is 7.50. The number of aromatic nitrogens is 1. The van der Waals surface area contributed by atoms with Crippen molar-refractivity contribution in [2.45, 2.75) is 32.4 Å². The van der Waals surface area contributed by atoms with Gasteiger partial charge in [-0.2, -0.15) is 0 Å². The molecule has 1 amide bonds. The maximum absolute atomic E-state index is 12.3. The van der Waals surface area contributed by atoms with E-state index in [4.69, 9.17) is 22.1 Å². The number of ether oxygens (including phenoxy) is 1. The van der Waals surface area contributed by atoms with E-state index in [2.05, 4.69) is 10.3 Å². The van der Waals surface area contributed by atoms with Gasteiger partial charge in [0.25, 0.3) is 5.91 Å². The van der Waals surface area contributed by atoms with E-state index in [1.165, 1.54) is 24.2 Å². The summed E-state index contributed by atoms with van der Waals surface area (Å²) in [4.78, 5) is 17.3. The van der Waals surface area contributed by atoms with Crippen molar-refractivity contribution in [1.29, 1.82) is 0 Å². The molecule has 1 fully saturated rings. The molecule has 0 spiro atoms. The van der Waals surface area contributed by atoms with Gasteiger partial charge in [0.1, 0.15) is 22.2 Å². The van der Waals surface area contributed by atoms with Gasteiger partial charge in [0, 0.05) is 17.6 Å². The van der Waals surface area contributed by atoms with Crippen LogP contribution in [0.4, 0.5) is 0 Å². The number of halogens is 1. The van der Waals surface area contributed by atoms with Gasteiger partial charge >= 0.3 is 0 Å². The Bertz CT molecular complexity index is 713. The molecule has 1 aliphatic carbocycles. The molecule has 24 heavy (non-hydrogen) atoms. The highest BCUT2D eigenvalue weighted by molar-refractivity contribution is 7.13. The molecule has 1 heterocycles. The Morgan fingerprint density at radius 2 is 2.17 bits per heavy atom. The number of carbonyl (C=O) groups is 1. The Hall–Kier alpha value is -1.63. The minimum Gasteiger partial charge on any atom is -0.486 e. The van der Waals surface area contributed by atoms with E-state index in [1.807, 2.05) is 6.92 Å². The summed E-state index contributed by atoms with van der Waals surface area (Å²) in [5.41, 5.74) is 6.73. The van der Waals surface area contributed by atoms with E-state index in [0.29, 0.717) is 40.4 Å². The number of nitrogens with two attached hydrogens (primary N) is 1. The van der Waals surface area contributed by atoms with Crippen molar-refractivity contribution in [2.24, 2.45) is 11.7 Å². The number of nitrogens with one attached hydrogen (secondary N) is 1. The minimum absolute atomic E-state index is 0.0508. The number of thiazole rings is 1. The smallest absolute Gasteiger partial charge is 0.263 e. The quantitative estimate of drug-likeness (QED) is 0.790. The molecule has 2 aromatic rings. The van der Waals surface area contributed by atoms with Crippen LogP contribution in [0.3, 0.4) is 0 Å². The first-order valence-corrected chi connectivity index (χ1v) is 9.11. The van der Waals surface area contributed by atoms with Crippen LogP contribution in [-0.2, 0) is 6.61 Å². The van der Waals surface area contributed by atoms with Gasteiger partial charge in [-0.1, -0.05) is 11.6 Å². The molecule has 128 valence electrons. The molecule has 1 aromatic heterocycles. The van der Waals surface area contributed by atoms with Crippen molar-refractivity contribution in [3.8, 4) is 5.75 Å². The zero-order chi connectivity index (χ0) is 17.1. The maximum atomic E-state index is 12.3. The predicted octanol–water partition coefficient (Wildman–Crippen LogP) is 3.15. The van der Waals surface area contributed by atoms with Crippen LogP contribution in [0.2, 0.25) is 5.02 Å². The third kappa shape index (κ3) is 4.47. The topological polar surface area (TPSA) is 77.2 Å². The second-order valence-electron chi connectivity index (χ2n) is 5.98. The number of amides is 1. The number of hydrogen-bond donors (Lipinski definition) is 2. The molecule has 3 N–H and O–H groups in total. The first-order chi connectivity index (χ1) is 11.5. The Balaban J connectivity index is 1.55. The molecule has 0 bridgehead atoms. The van der Waals surface area contributed by atoms with Crippen LogP contribution in [0.1, 0.15) is 33.2 Å². The third-order valence-electron chi connectivity index (χ3n) is 3.95. The molecule has 1 atom stereocenters. The normalized spacial score (nSPS) is 15.1. The van der Waals surface area contributed by atoms with Gasteiger partial charge < -0.3 is 15.8 Å². The monoisotopic (exact) mass is 365 g/mol. The van der Waals surface area contributed by atoms with Gasteiger partial charge in [-0.05, 0) is 49.9 Å². The SMILES string of the molecule is Cc1nc(COc2ccc(Cl)cc2)sc1C(=O)NCC(N)C1CC1. The lowest BCUT2D eigenvalue weighted by Gasteiger charge is -2.10. The van der Waals surface area contributed by atoms with Crippen LogP contribution >= 0.6 is 22.9 Å². The Kier molecular flexibility index (Phi) is 5.38. The highest BCUT2D eigenvalue weighted by Gasteiger charge is 2.28. The van der Waals surface area contributed by atoms with E-state index < -0.39 is 0 Å². The summed E-state index contributed by atoms with van der Waals surface area (Å²) in [5.74, 6) is 1.17. The van der Waals surface area contributed by atoms with Gasteiger partial charge in [-0.25, -0.2) is 4.98 Å². The summed E-state index contributed by atoms with van der Waals surface area (Å²) in [5, 5.41) is 4.33. The average molecular weight is 366 g/mol. The summed E-state index contributed by atoms with van der Waals surface area (Å²) in [6.45, 7) is 2.66. The number of aryl methyl sites for hydroxylation is 1. The number of rotatable bonds is 7. The van der Waals surface area contributed by atoms with Gasteiger partial charge in [0.05, 0.1) is 5.69 Å². The van der Waals surface area contributed by atoms with Crippen LogP contribution in [-0.4, -0.2) is 23.5 Å². The number of hydrogen-bond acceptors (Lipinski definition) is 5.